The Labute approximate surface area is 200 Å². The number of nitrogens with one attached hydrogen (secondary N) is 1. The quantitative estimate of drug-likeness (QED) is 0.454. The minimum atomic E-state index is -0.968. The van der Waals surface area contributed by atoms with E-state index in [2.05, 4.69) is 15.2 Å². The van der Waals surface area contributed by atoms with Gasteiger partial charge in [-0.25, -0.2) is 9.59 Å². The lowest BCUT2D eigenvalue weighted by Crippen LogP contribution is -2.64. The molecule has 3 aromatic rings. The van der Waals surface area contributed by atoms with E-state index in [1.54, 1.807) is 30.5 Å². The van der Waals surface area contributed by atoms with Crippen LogP contribution in [-0.2, 0) is 20.8 Å². The van der Waals surface area contributed by atoms with Gasteiger partial charge in [-0.2, -0.15) is 0 Å². The lowest BCUT2D eigenvalue weighted by molar-refractivity contribution is -0.137. The van der Waals surface area contributed by atoms with Crippen molar-refractivity contribution in [1.29, 1.82) is 0 Å². The SMILES string of the molecule is O=C1/C=C(/C(=O)NC2C3CCN(CC3)C2Cc2cccnc2)C(=O)Oc2oc3ccccc3c2O1. The van der Waals surface area contributed by atoms with Gasteiger partial charge in [-0.3, -0.25) is 14.7 Å². The number of amides is 1. The normalized spacial score (nSPS) is 27.1. The Kier molecular flexibility index (Phi) is 5.33. The number of carbonyl (C=O) groups excluding carboxylic acids is 3. The Morgan fingerprint density at radius 2 is 1.91 bits per heavy atom. The van der Waals surface area contributed by atoms with Crippen molar-refractivity contribution in [1.82, 2.24) is 15.2 Å². The molecule has 4 aliphatic heterocycles. The summed E-state index contributed by atoms with van der Waals surface area (Å²) in [5.74, 6) is -2.43. The van der Waals surface area contributed by atoms with Gasteiger partial charge in [-0.1, -0.05) is 18.2 Å². The van der Waals surface area contributed by atoms with E-state index < -0.39 is 23.4 Å². The summed E-state index contributed by atoms with van der Waals surface area (Å²) in [5, 5.41) is 3.53. The molecule has 1 aromatic carbocycles. The van der Waals surface area contributed by atoms with Gasteiger partial charge in [0, 0.05) is 30.6 Å². The maximum absolute atomic E-state index is 13.3. The van der Waals surface area contributed by atoms with Crippen LogP contribution in [0.25, 0.3) is 11.0 Å². The molecule has 178 valence electrons. The minimum Gasteiger partial charge on any atom is -0.422 e. The molecule has 1 amide bonds. The number of pyridine rings is 1. The van der Waals surface area contributed by atoms with Crippen molar-refractivity contribution in [2.75, 3.05) is 13.1 Å². The number of benzene rings is 1. The lowest BCUT2D eigenvalue weighted by atomic mass is 9.76. The number of esters is 2. The van der Waals surface area contributed by atoms with Crippen LogP contribution in [0.5, 0.6) is 11.7 Å². The largest absolute Gasteiger partial charge is 0.422 e. The molecule has 7 rings (SSSR count). The number of piperidine rings is 3. The number of nitrogens with zero attached hydrogens (tertiary/aromatic N) is 2. The molecule has 1 N–H and O–H groups in total. The number of furan rings is 1. The Balaban J connectivity index is 1.25. The average molecular weight is 473 g/mol. The third-order valence-corrected chi connectivity index (χ3v) is 7.07. The van der Waals surface area contributed by atoms with Gasteiger partial charge in [0.25, 0.3) is 5.91 Å². The first-order valence-electron chi connectivity index (χ1n) is 11.7. The van der Waals surface area contributed by atoms with Crippen LogP contribution in [-0.4, -0.2) is 52.9 Å². The second-order valence-corrected chi connectivity index (χ2v) is 9.09. The maximum Gasteiger partial charge on any atom is 0.351 e. The summed E-state index contributed by atoms with van der Waals surface area (Å²) in [6, 6.07) is 10.6. The van der Waals surface area contributed by atoms with Gasteiger partial charge in [-0.05, 0) is 62.0 Å². The summed E-state index contributed by atoms with van der Waals surface area (Å²) >= 11 is 0. The van der Waals surface area contributed by atoms with Crippen LogP contribution in [0.4, 0.5) is 0 Å². The van der Waals surface area contributed by atoms with Crippen molar-refractivity contribution >= 4 is 28.8 Å². The summed E-state index contributed by atoms with van der Waals surface area (Å²) in [6.07, 6.45) is 7.10. The molecule has 2 unspecified atom stereocenters. The van der Waals surface area contributed by atoms with E-state index in [0.717, 1.165) is 44.0 Å². The zero-order chi connectivity index (χ0) is 23.9. The van der Waals surface area contributed by atoms with Crippen LogP contribution in [0.2, 0.25) is 0 Å². The highest BCUT2D eigenvalue weighted by Crippen LogP contribution is 2.40. The Morgan fingerprint density at radius 1 is 1.09 bits per heavy atom. The van der Waals surface area contributed by atoms with Crippen molar-refractivity contribution in [3.05, 3.63) is 66.0 Å². The van der Waals surface area contributed by atoms with Crippen molar-refractivity contribution in [2.45, 2.75) is 31.3 Å². The molecule has 2 atom stereocenters. The molecule has 9 heteroatoms. The van der Waals surface area contributed by atoms with E-state index in [4.69, 9.17) is 13.9 Å². The van der Waals surface area contributed by atoms with Crippen LogP contribution < -0.4 is 14.8 Å². The molecular weight excluding hydrogens is 450 g/mol. The van der Waals surface area contributed by atoms with Gasteiger partial charge in [0.15, 0.2) is 0 Å². The molecular formula is C26H23N3O6. The van der Waals surface area contributed by atoms with Crippen molar-refractivity contribution in [3.63, 3.8) is 0 Å². The Morgan fingerprint density at radius 3 is 2.71 bits per heavy atom. The number of carbonyl (C=O) groups is 3. The standard InChI is InChI=1S/C26H23N3O6/c30-21-13-18(25(32)35-26-23(34-21)17-5-1-2-6-20(17)33-26)24(31)28-22-16-7-10-29(11-8-16)19(22)12-15-4-3-9-27-14-15/h1-6,9,13-14,16,19,22H,7-8,10-12H2,(H,28,31)/b18-13-. The lowest BCUT2D eigenvalue weighted by Gasteiger charge is -2.51. The van der Waals surface area contributed by atoms with E-state index in [0.29, 0.717) is 11.0 Å². The zero-order valence-corrected chi connectivity index (χ0v) is 18.8. The van der Waals surface area contributed by atoms with E-state index in [-0.39, 0.29) is 29.7 Å². The predicted octanol–water partition coefficient (Wildman–Crippen LogP) is 2.40. The monoisotopic (exact) mass is 473 g/mol. The van der Waals surface area contributed by atoms with Gasteiger partial charge >= 0.3 is 17.9 Å². The molecule has 3 fully saturated rings. The summed E-state index contributed by atoms with van der Waals surface area (Å²) in [7, 11) is 0. The molecule has 3 saturated heterocycles. The number of para-hydroxylation sites is 1. The molecule has 0 saturated carbocycles. The van der Waals surface area contributed by atoms with E-state index in [9.17, 15) is 14.4 Å². The molecule has 9 nitrogen and oxygen atoms in total. The van der Waals surface area contributed by atoms with Crippen LogP contribution in [0.3, 0.4) is 0 Å². The summed E-state index contributed by atoms with van der Waals surface area (Å²) in [4.78, 5) is 45.4. The highest BCUT2D eigenvalue weighted by atomic mass is 16.6. The first-order chi connectivity index (χ1) is 17.1. The average Bonchev–Trinajstić information content (AvgIpc) is 3.20. The second kappa shape index (κ2) is 8.66. The fraction of sp³-hybridized carbons (Fsp3) is 0.308. The molecule has 6 heterocycles. The molecule has 0 spiro atoms. The fourth-order valence-electron chi connectivity index (χ4n) is 5.38. The third-order valence-electron chi connectivity index (χ3n) is 7.07. The topological polar surface area (TPSA) is 111 Å². The number of hydrogen-bond acceptors (Lipinski definition) is 8. The number of ether oxygens (including phenoxy) is 2. The van der Waals surface area contributed by atoms with E-state index in [1.807, 2.05) is 18.3 Å². The van der Waals surface area contributed by atoms with E-state index in [1.165, 1.54) is 0 Å². The molecule has 4 aliphatic rings. The van der Waals surface area contributed by atoms with Gasteiger partial charge < -0.3 is 19.2 Å². The molecule has 35 heavy (non-hydrogen) atoms. The summed E-state index contributed by atoms with van der Waals surface area (Å²) in [5.41, 5.74) is 1.06. The highest BCUT2D eigenvalue weighted by Gasteiger charge is 2.43. The molecule has 2 aromatic heterocycles. The number of rotatable bonds is 4. The van der Waals surface area contributed by atoms with Crippen LogP contribution in [0.1, 0.15) is 18.4 Å². The van der Waals surface area contributed by atoms with Gasteiger partial charge in [0.2, 0.25) is 5.75 Å². The van der Waals surface area contributed by atoms with Crippen LogP contribution >= 0.6 is 0 Å². The maximum atomic E-state index is 13.3. The van der Waals surface area contributed by atoms with Crippen molar-refractivity contribution in [3.8, 4) is 11.7 Å². The van der Waals surface area contributed by atoms with Crippen LogP contribution in [0.15, 0.2) is 64.9 Å². The summed E-state index contributed by atoms with van der Waals surface area (Å²) < 4.78 is 16.3. The molecule has 0 aliphatic carbocycles. The van der Waals surface area contributed by atoms with Crippen molar-refractivity contribution in [2.24, 2.45) is 5.92 Å². The Bertz CT molecular complexity index is 1340. The number of hydrogen-bond donors (Lipinski definition) is 1. The summed E-state index contributed by atoms with van der Waals surface area (Å²) in [6.45, 7) is 1.93. The first kappa shape index (κ1) is 21.5. The van der Waals surface area contributed by atoms with Crippen molar-refractivity contribution < 1.29 is 28.3 Å². The van der Waals surface area contributed by atoms with Gasteiger partial charge in [0.05, 0.1) is 5.39 Å². The first-order valence-corrected chi connectivity index (χ1v) is 11.7. The van der Waals surface area contributed by atoms with Crippen LogP contribution in [0, 0.1) is 5.92 Å². The molecule has 2 bridgehead atoms. The minimum absolute atomic E-state index is 0.0172. The Hall–Kier alpha value is -3.98. The van der Waals surface area contributed by atoms with Gasteiger partial charge in [-0.15, -0.1) is 0 Å². The number of fused-ring (bicyclic) bond motifs is 6. The molecule has 0 radical (unpaired) electrons. The third kappa shape index (κ3) is 3.97. The van der Waals surface area contributed by atoms with Gasteiger partial charge in [0.1, 0.15) is 11.2 Å². The second-order valence-electron chi connectivity index (χ2n) is 9.09. The predicted molar refractivity (Wildman–Crippen MR) is 124 cm³/mol. The number of aromatic nitrogens is 1. The zero-order valence-electron chi connectivity index (χ0n) is 18.8. The fourth-order valence-corrected chi connectivity index (χ4v) is 5.38. The highest BCUT2D eigenvalue weighted by molar-refractivity contribution is 6.20. The smallest absolute Gasteiger partial charge is 0.351 e. The van der Waals surface area contributed by atoms with E-state index >= 15 is 0 Å².